The van der Waals surface area contributed by atoms with E-state index in [1.54, 1.807) is 18.2 Å². The maximum Gasteiger partial charge on any atom is 0.191 e. The van der Waals surface area contributed by atoms with E-state index in [2.05, 4.69) is 21.7 Å². The number of guanidine groups is 1. The molecule has 0 saturated carbocycles. The van der Waals surface area contributed by atoms with Gasteiger partial charge in [0.2, 0.25) is 0 Å². The number of halogens is 2. The molecule has 2 N–H and O–H groups in total. The molecule has 0 fully saturated rings. The van der Waals surface area contributed by atoms with Crippen LogP contribution >= 0.6 is 24.0 Å². The first kappa shape index (κ1) is 21.9. The van der Waals surface area contributed by atoms with Crippen LogP contribution in [-0.4, -0.2) is 19.0 Å². The number of nitrogens with zero attached hydrogens (tertiary/aromatic N) is 2. The van der Waals surface area contributed by atoms with Crippen molar-refractivity contribution in [2.45, 2.75) is 26.8 Å². The lowest BCUT2D eigenvalue weighted by molar-refractivity contribution is 0.625. The van der Waals surface area contributed by atoms with Crippen molar-refractivity contribution in [1.82, 2.24) is 10.6 Å². The lowest BCUT2D eigenvalue weighted by Crippen LogP contribution is -2.38. The van der Waals surface area contributed by atoms with Gasteiger partial charge in [0.25, 0.3) is 0 Å². The maximum atomic E-state index is 13.1. The Labute approximate surface area is 171 Å². The smallest absolute Gasteiger partial charge is 0.191 e. The van der Waals surface area contributed by atoms with Crippen LogP contribution in [0.3, 0.4) is 0 Å². The topological polar surface area (TPSA) is 60.2 Å². The van der Waals surface area contributed by atoms with Gasteiger partial charge >= 0.3 is 0 Å². The number of nitriles is 1. The van der Waals surface area contributed by atoms with Crippen LogP contribution in [0, 0.1) is 24.1 Å². The molecule has 0 unspecified atom stereocenters. The second kappa shape index (κ2) is 11.5. The molecule has 0 radical (unpaired) electrons. The number of aryl methyl sites for hydroxylation is 1. The van der Waals surface area contributed by atoms with Gasteiger partial charge in [-0.15, -0.1) is 24.0 Å². The van der Waals surface area contributed by atoms with Crippen LogP contribution in [0.2, 0.25) is 0 Å². The van der Waals surface area contributed by atoms with Gasteiger partial charge in [0.05, 0.1) is 18.2 Å². The summed E-state index contributed by atoms with van der Waals surface area (Å²) in [6.45, 7) is 5.96. The predicted octanol–water partition coefficient (Wildman–Crippen LogP) is 3.92. The van der Waals surface area contributed by atoms with E-state index in [4.69, 9.17) is 5.26 Å². The number of benzene rings is 2. The van der Waals surface area contributed by atoms with E-state index < -0.39 is 0 Å². The monoisotopic (exact) mass is 466 g/mol. The van der Waals surface area contributed by atoms with Crippen LogP contribution < -0.4 is 10.6 Å². The molecule has 0 spiro atoms. The van der Waals surface area contributed by atoms with Gasteiger partial charge in [-0.3, -0.25) is 0 Å². The van der Waals surface area contributed by atoms with Crippen LogP contribution in [-0.2, 0) is 13.0 Å². The Bertz CT molecular complexity index is 766. The van der Waals surface area contributed by atoms with Crippen molar-refractivity contribution in [3.63, 3.8) is 0 Å². The third kappa shape index (κ3) is 7.00. The van der Waals surface area contributed by atoms with E-state index in [9.17, 15) is 4.39 Å². The van der Waals surface area contributed by atoms with Crippen LogP contribution in [0.1, 0.15) is 29.2 Å². The molecule has 0 saturated heterocycles. The summed E-state index contributed by atoms with van der Waals surface area (Å²) >= 11 is 0. The van der Waals surface area contributed by atoms with Gasteiger partial charge in [0.1, 0.15) is 5.82 Å². The second-order valence-corrected chi connectivity index (χ2v) is 5.75. The third-order valence-electron chi connectivity index (χ3n) is 3.84. The minimum atomic E-state index is -0.202. The van der Waals surface area contributed by atoms with Crippen molar-refractivity contribution >= 4 is 29.9 Å². The zero-order valence-electron chi connectivity index (χ0n) is 15.1. The summed E-state index contributed by atoms with van der Waals surface area (Å²) in [4.78, 5) is 4.56. The van der Waals surface area contributed by atoms with E-state index in [1.807, 2.05) is 32.0 Å². The molecule has 0 atom stereocenters. The van der Waals surface area contributed by atoms with Gasteiger partial charge in [0.15, 0.2) is 5.96 Å². The zero-order chi connectivity index (χ0) is 18.1. The second-order valence-electron chi connectivity index (χ2n) is 5.75. The van der Waals surface area contributed by atoms with Crippen molar-refractivity contribution in [2.24, 2.45) is 4.99 Å². The van der Waals surface area contributed by atoms with Crippen molar-refractivity contribution in [3.05, 3.63) is 70.5 Å². The van der Waals surface area contributed by atoms with Crippen LogP contribution in [0.4, 0.5) is 4.39 Å². The predicted molar refractivity (Wildman–Crippen MR) is 114 cm³/mol. The zero-order valence-corrected chi connectivity index (χ0v) is 17.4. The Kier molecular flexibility index (Phi) is 9.66. The molecule has 0 aliphatic heterocycles. The van der Waals surface area contributed by atoms with E-state index in [0.717, 1.165) is 35.6 Å². The van der Waals surface area contributed by atoms with Crippen LogP contribution in [0.25, 0.3) is 0 Å². The lowest BCUT2D eigenvalue weighted by Gasteiger charge is -2.12. The number of aliphatic imine (C=N–C) groups is 1. The molecule has 0 aliphatic rings. The molecule has 2 aromatic rings. The molecule has 0 heterocycles. The fraction of sp³-hybridized carbons (Fsp3) is 0.300. The van der Waals surface area contributed by atoms with Gasteiger partial charge in [-0.05, 0) is 61.2 Å². The normalized spacial score (nSPS) is 10.6. The number of rotatable bonds is 6. The van der Waals surface area contributed by atoms with E-state index in [1.165, 1.54) is 6.07 Å². The molecule has 138 valence electrons. The van der Waals surface area contributed by atoms with Crippen molar-refractivity contribution < 1.29 is 4.39 Å². The Balaban J connectivity index is 0.00000338. The molecule has 0 bridgehead atoms. The van der Waals surface area contributed by atoms with Gasteiger partial charge < -0.3 is 10.6 Å². The highest BCUT2D eigenvalue weighted by Crippen LogP contribution is 2.10. The van der Waals surface area contributed by atoms with E-state index >= 15 is 0 Å². The first-order chi connectivity index (χ1) is 12.1. The van der Waals surface area contributed by atoms with Gasteiger partial charge in [-0.25, -0.2) is 9.38 Å². The van der Waals surface area contributed by atoms with E-state index in [0.29, 0.717) is 18.7 Å². The molecule has 6 heteroatoms. The molecule has 26 heavy (non-hydrogen) atoms. The van der Waals surface area contributed by atoms with Crippen molar-refractivity contribution in [2.75, 3.05) is 13.1 Å². The molecule has 0 amide bonds. The Morgan fingerprint density at radius 1 is 1.15 bits per heavy atom. The van der Waals surface area contributed by atoms with Gasteiger partial charge in [0, 0.05) is 13.1 Å². The van der Waals surface area contributed by atoms with Gasteiger partial charge in [-0.2, -0.15) is 5.26 Å². The van der Waals surface area contributed by atoms with Gasteiger partial charge in [-0.1, -0.05) is 18.2 Å². The molecular weight excluding hydrogens is 442 g/mol. The minimum Gasteiger partial charge on any atom is -0.357 e. The molecule has 4 nitrogen and oxygen atoms in total. The molecule has 0 aliphatic carbocycles. The minimum absolute atomic E-state index is 0. The Morgan fingerprint density at radius 2 is 1.88 bits per heavy atom. The molecule has 0 aromatic heterocycles. The molecular formula is C20H24FIN4. The summed E-state index contributed by atoms with van der Waals surface area (Å²) < 4.78 is 13.1. The Morgan fingerprint density at radius 3 is 2.50 bits per heavy atom. The summed E-state index contributed by atoms with van der Waals surface area (Å²) in [6.07, 6.45) is 0.799. The maximum absolute atomic E-state index is 13.1. The van der Waals surface area contributed by atoms with Crippen molar-refractivity contribution in [1.29, 1.82) is 5.26 Å². The summed E-state index contributed by atoms with van der Waals surface area (Å²) in [6, 6.07) is 14.4. The highest BCUT2D eigenvalue weighted by atomic mass is 127. The number of hydrogen-bond donors (Lipinski definition) is 2. The number of hydrogen-bond acceptors (Lipinski definition) is 2. The highest BCUT2D eigenvalue weighted by Gasteiger charge is 2.02. The summed E-state index contributed by atoms with van der Waals surface area (Å²) in [5, 5.41) is 15.3. The summed E-state index contributed by atoms with van der Waals surface area (Å²) in [7, 11) is 0. The average molecular weight is 466 g/mol. The van der Waals surface area contributed by atoms with Crippen LogP contribution in [0.5, 0.6) is 0 Å². The standard InChI is InChI=1S/C20H23FN4.HI/c1-3-23-20(25-14-17-6-4-16(13-22)5-7-17)24-11-10-18-8-9-19(21)12-15(18)2;/h4-9,12H,3,10-11,14H2,1-2H3,(H2,23,24,25);1H. The van der Waals surface area contributed by atoms with E-state index in [-0.39, 0.29) is 29.8 Å². The Hall–Kier alpha value is -2.14. The summed E-state index contributed by atoms with van der Waals surface area (Å²) in [5.41, 5.74) is 3.77. The molecule has 2 rings (SSSR count). The lowest BCUT2D eigenvalue weighted by atomic mass is 10.1. The fourth-order valence-electron chi connectivity index (χ4n) is 2.45. The molecule has 2 aromatic carbocycles. The fourth-order valence-corrected chi connectivity index (χ4v) is 2.45. The summed E-state index contributed by atoms with van der Waals surface area (Å²) in [5.74, 6) is 0.540. The number of nitrogens with one attached hydrogen (secondary N) is 2. The first-order valence-electron chi connectivity index (χ1n) is 8.38. The van der Waals surface area contributed by atoms with Crippen molar-refractivity contribution in [3.8, 4) is 6.07 Å². The largest absolute Gasteiger partial charge is 0.357 e. The first-order valence-corrected chi connectivity index (χ1v) is 8.38. The SMILES string of the molecule is CCNC(=NCc1ccc(C#N)cc1)NCCc1ccc(F)cc1C.I. The van der Waals surface area contributed by atoms with Crippen LogP contribution in [0.15, 0.2) is 47.5 Å². The highest BCUT2D eigenvalue weighted by molar-refractivity contribution is 14.0. The third-order valence-corrected chi connectivity index (χ3v) is 3.84. The average Bonchev–Trinajstić information content (AvgIpc) is 2.62. The quantitative estimate of drug-likeness (QED) is 0.386.